The molecule has 0 aliphatic heterocycles. The molecule has 1 atom stereocenters. The van der Waals surface area contributed by atoms with Crippen LogP contribution in [0.1, 0.15) is 59.3 Å². The quantitative estimate of drug-likeness (QED) is 0.778. The zero-order chi connectivity index (χ0) is 11.8. The summed E-state index contributed by atoms with van der Waals surface area (Å²) in [6.07, 6.45) is 8.03. The van der Waals surface area contributed by atoms with Crippen LogP contribution in [0.2, 0.25) is 0 Å². The monoisotopic (exact) mass is 224 g/mol. The molecule has 0 spiro atoms. The number of nitrogens with two attached hydrogens (primary N) is 1. The first-order valence-corrected chi connectivity index (χ1v) is 7.00. The van der Waals surface area contributed by atoms with Gasteiger partial charge in [-0.15, -0.1) is 0 Å². The SMILES string of the molecule is CCCN(C1CC1)C1(CN)CCC(C)(C)C1. The lowest BCUT2D eigenvalue weighted by Gasteiger charge is -2.42. The highest BCUT2D eigenvalue weighted by molar-refractivity contribution is 5.05. The number of hydrogen-bond acceptors (Lipinski definition) is 2. The zero-order valence-corrected chi connectivity index (χ0v) is 11.3. The molecule has 2 fully saturated rings. The first-order chi connectivity index (χ1) is 7.53. The first-order valence-electron chi connectivity index (χ1n) is 7.00. The van der Waals surface area contributed by atoms with Gasteiger partial charge in [-0.25, -0.2) is 0 Å². The van der Waals surface area contributed by atoms with Gasteiger partial charge >= 0.3 is 0 Å². The molecule has 16 heavy (non-hydrogen) atoms. The molecule has 0 aromatic carbocycles. The van der Waals surface area contributed by atoms with E-state index < -0.39 is 0 Å². The van der Waals surface area contributed by atoms with Gasteiger partial charge in [0.1, 0.15) is 0 Å². The Morgan fingerprint density at radius 1 is 1.25 bits per heavy atom. The van der Waals surface area contributed by atoms with Gasteiger partial charge < -0.3 is 5.73 Å². The summed E-state index contributed by atoms with van der Waals surface area (Å²) in [6, 6.07) is 0.859. The molecule has 2 aliphatic carbocycles. The molecule has 0 radical (unpaired) electrons. The Bertz CT molecular complexity index is 245. The van der Waals surface area contributed by atoms with Gasteiger partial charge in [-0.05, 0) is 50.5 Å². The Morgan fingerprint density at radius 2 is 1.94 bits per heavy atom. The first kappa shape index (κ1) is 12.4. The second-order valence-electron chi connectivity index (χ2n) is 6.69. The van der Waals surface area contributed by atoms with Crippen LogP contribution in [0.3, 0.4) is 0 Å². The van der Waals surface area contributed by atoms with Gasteiger partial charge in [-0.3, -0.25) is 4.90 Å². The molecule has 0 amide bonds. The average molecular weight is 224 g/mol. The third kappa shape index (κ3) is 2.28. The van der Waals surface area contributed by atoms with Crippen molar-refractivity contribution in [2.45, 2.75) is 70.9 Å². The van der Waals surface area contributed by atoms with Crippen molar-refractivity contribution in [3.63, 3.8) is 0 Å². The standard InChI is InChI=1S/C14H28N2/c1-4-9-16(12-5-6-12)14(11-15)8-7-13(2,3)10-14/h12H,4-11,15H2,1-3H3. The van der Waals surface area contributed by atoms with Crippen LogP contribution >= 0.6 is 0 Å². The second kappa shape index (κ2) is 4.30. The van der Waals surface area contributed by atoms with E-state index in [-0.39, 0.29) is 0 Å². The second-order valence-corrected chi connectivity index (χ2v) is 6.69. The van der Waals surface area contributed by atoms with E-state index in [1.807, 2.05) is 0 Å². The van der Waals surface area contributed by atoms with Crippen LogP contribution in [0.5, 0.6) is 0 Å². The number of hydrogen-bond donors (Lipinski definition) is 1. The van der Waals surface area contributed by atoms with Gasteiger partial charge in [0, 0.05) is 18.1 Å². The summed E-state index contributed by atoms with van der Waals surface area (Å²) in [7, 11) is 0. The predicted octanol–water partition coefficient (Wildman–Crippen LogP) is 2.77. The Hall–Kier alpha value is -0.0800. The van der Waals surface area contributed by atoms with Gasteiger partial charge in [0.05, 0.1) is 0 Å². The number of rotatable bonds is 5. The molecule has 94 valence electrons. The van der Waals surface area contributed by atoms with Crippen LogP contribution in [-0.4, -0.2) is 29.6 Å². The smallest absolute Gasteiger partial charge is 0.0339 e. The van der Waals surface area contributed by atoms with Crippen molar-refractivity contribution < 1.29 is 0 Å². The normalized spacial score (nSPS) is 33.6. The van der Waals surface area contributed by atoms with Gasteiger partial charge in [-0.1, -0.05) is 20.8 Å². The van der Waals surface area contributed by atoms with Crippen LogP contribution in [0.25, 0.3) is 0 Å². The molecular weight excluding hydrogens is 196 g/mol. The van der Waals surface area contributed by atoms with Crippen molar-refractivity contribution in [2.24, 2.45) is 11.1 Å². The van der Waals surface area contributed by atoms with E-state index in [9.17, 15) is 0 Å². The molecule has 2 nitrogen and oxygen atoms in total. The van der Waals surface area contributed by atoms with Crippen molar-refractivity contribution in [3.8, 4) is 0 Å². The molecule has 0 aromatic heterocycles. The maximum Gasteiger partial charge on any atom is 0.0339 e. The molecule has 2 rings (SSSR count). The summed E-state index contributed by atoms with van der Waals surface area (Å²) in [6.45, 7) is 9.20. The fraction of sp³-hybridized carbons (Fsp3) is 1.00. The highest BCUT2D eigenvalue weighted by Crippen LogP contribution is 2.49. The van der Waals surface area contributed by atoms with E-state index in [4.69, 9.17) is 5.73 Å². The minimum atomic E-state index is 0.334. The van der Waals surface area contributed by atoms with E-state index in [1.165, 1.54) is 45.1 Å². The highest BCUT2D eigenvalue weighted by Gasteiger charge is 2.49. The molecule has 2 aliphatic rings. The lowest BCUT2D eigenvalue weighted by atomic mass is 9.86. The topological polar surface area (TPSA) is 29.3 Å². The van der Waals surface area contributed by atoms with Crippen LogP contribution in [-0.2, 0) is 0 Å². The molecule has 2 saturated carbocycles. The van der Waals surface area contributed by atoms with Gasteiger partial charge in [-0.2, -0.15) is 0 Å². The zero-order valence-electron chi connectivity index (χ0n) is 11.3. The number of nitrogens with zero attached hydrogens (tertiary/aromatic N) is 1. The van der Waals surface area contributed by atoms with Crippen molar-refractivity contribution >= 4 is 0 Å². The fourth-order valence-electron chi connectivity index (χ4n) is 3.61. The largest absolute Gasteiger partial charge is 0.329 e. The van der Waals surface area contributed by atoms with E-state index in [0.717, 1.165) is 12.6 Å². The lowest BCUT2D eigenvalue weighted by Crippen LogP contribution is -2.54. The molecule has 2 N–H and O–H groups in total. The Balaban J connectivity index is 2.12. The van der Waals surface area contributed by atoms with E-state index in [1.54, 1.807) is 0 Å². The van der Waals surface area contributed by atoms with E-state index in [2.05, 4.69) is 25.7 Å². The molecule has 1 unspecified atom stereocenters. The molecule has 2 heteroatoms. The molecular formula is C14H28N2. The summed E-state index contributed by atoms with van der Waals surface area (Å²) in [5.74, 6) is 0. The predicted molar refractivity (Wildman–Crippen MR) is 69.4 cm³/mol. The fourth-order valence-corrected chi connectivity index (χ4v) is 3.61. The van der Waals surface area contributed by atoms with Gasteiger partial charge in [0.15, 0.2) is 0 Å². The summed E-state index contributed by atoms with van der Waals surface area (Å²) in [5.41, 5.74) is 6.98. The van der Waals surface area contributed by atoms with Gasteiger partial charge in [0.25, 0.3) is 0 Å². The summed E-state index contributed by atoms with van der Waals surface area (Å²) < 4.78 is 0. The average Bonchev–Trinajstić information content (AvgIpc) is 3.00. The minimum Gasteiger partial charge on any atom is -0.329 e. The Labute approximate surface area is 101 Å². The highest BCUT2D eigenvalue weighted by atomic mass is 15.3. The third-order valence-electron chi connectivity index (χ3n) is 4.52. The van der Waals surface area contributed by atoms with E-state index in [0.29, 0.717) is 11.0 Å². The Kier molecular flexibility index (Phi) is 3.33. The molecule has 0 bridgehead atoms. The van der Waals surface area contributed by atoms with Crippen LogP contribution in [0, 0.1) is 5.41 Å². The van der Waals surface area contributed by atoms with Crippen molar-refractivity contribution in [1.82, 2.24) is 4.90 Å². The Morgan fingerprint density at radius 3 is 2.31 bits per heavy atom. The maximum absolute atomic E-state index is 6.14. The summed E-state index contributed by atoms with van der Waals surface area (Å²) in [5, 5.41) is 0. The molecule has 0 heterocycles. The van der Waals surface area contributed by atoms with Crippen molar-refractivity contribution in [2.75, 3.05) is 13.1 Å². The molecule has 0 saturated heterocycles. The third-order valence-corrected chi connectivity index (χ3v) is 4.52. The van der Waals surface area contributed by atoms with Crippen molar-refractivity contribution in [3.05, 3.63) is 0 Å². The molecule has 0 aromatic rings. The van der Waals surface area contributed by atoms with Crippen LogP contribution in [0.4, 0.5) is 0 Å². The van der Waals surface area contributed by atoms with Crippen LogP contribution < -0.4 is 5.73 Å². The summed E-state index contributed by atoms with van der Waals surface area (Å²) in [4.78, 5) is 2.77. The van der Waals surface area contributed by atoms with Gasteiger partial charge in [0.2, 0.25) is 0 Å². The van der Waals surface area contributed by atoms with Crippen molar-refractivity contribution in [1.29, 1.82) is 0 Å². The lowest BCUT2D eigenvalue weighted by molar-refractivity contribution is 0.0798. The minimum absolute atomic E-state index is 0.334. The maximum atomic E-state index is 6.14. The van der Waals surface area contributed by atoms with Crippen LogP contribution in [0.15, 0.2) is 0 Å². The summed E-state index contributed by atoms with van der Waals surface area (Å²) >= 11 is 0. The van der Waals surface area contributed by atoms with E-state index >= 15 is 0 Å².